The van der Waals surface area contributed by atoms with E-state index in [9.17, 15) is 4.79 Å². The molecule has 0 aliphatic carbocycles. The number of ether oxygens (including phenoxy) is 1. The summed E-state index contributed by atoms with van der Waals surface area (Å²) in [6.07, 6.45) is 2.34. The van der Waals surface area contributed by atoms with Crippen molar-refractivity contribution in [1.82, 2.24) is 19.5 Å². The molecule has 2 aromatic rings. The lowest BCUT2D eigenvalue weighted by Gasteiger charge is -2.28. The van der Waals surface area contributed by atoms with Gasteiger partial charge in [-0.25, -0.2) is 14.3 Å². The van der Waals surface area contributed by atoms with Crippen LogP contribution in [0, 0.1) is 0 Å². The molecule has 3 heterocycles. The smallest absolute Gasteiger partial charge is 0.410 e. The Morgan fingerprint density at radius 2 is 2.17 bits per heavy atom. The largest absolute Gasteiger partial charge is 0.444 e. The van der Waals surface area contributed by atoms with Crippen LogP contribution in [0.25, 0.3) is 5.65 Å². The summed E-state index contributed by atoms with van der Waals surface area (Å²) in [5, 5.41) is 4.61. The Balaban J connectivity index is 1.70. The molecule has 1 unspecified atom stereocenters. The zero-order valence-electron chi connectivity index (χ0n) is 14.4. The molecule has 24 heavy (non-hydrogen) atoms. The average molecular weight is 396 g/mol. The second kappa shape index (κ2) is 6.23. The highest BCUT2D eigenvalue weighted by Gasteiger charge is 2.31. The summed E-state index contributed by atoms with van der Waals surface area (Å²) < 4.78 is 8.03. The molecule has 1 fully saturated rings. The second-order valence-electron chi connectivity index (χ2n) is 7.02. The Hall–Kier alpha value is -1.83. The molecule has 130 valence electrons. The predicted molar refractivity (Wildman–Crippen MR) is 95.3 cm³/mol. The van der Waals surface area contributed by atoms with E-state index in [4.69, 9.17) is 4.74 Å². The summed E-state index contributed by atoms with van der Waals surface area (Å²) >= 11 is 3.44. The van der Waals surface area contributed by atoms with E-state index in [0.29, 0.717) is 0 Å². The molecule has 3 rings (SSSR count). The number of amides is 1. The van der Waals surface area contributed by atoms with E-state index >= 15 is 0 Å². The maximum absolute atomic E-state index is 12.2. The van der Waals surface area contributed by atoms with Gasteiger partial charge in [-0.1, -0.05) is 0 Å². The van der Waals surface area contributed by atoms with E-state index in [0.717, 1.165) is 35.6 Å². The highest BCUT2D eigenvalue weighted by molar-refractivity contribution is 9.10. The van der Waals surface area contributed by atoms with Crippen LogP contribution in [-0.2, 0) is 4.74 Å². The number of rotatable bonds is 2. The molecule has 7 nitrogen and oxygen atoms in total. The van der Waals surface area contributed by atoms with Crippen LogP contribution in [0.1, 0.15) is 27.2 Å². The summed E-state index contributed by atoms with van der Waals surface area (Å²) in [4.78, 5) is 20.3. The van der Waals surface area contributed by atoms with Gasteiger partial charge in [0.1, 0.15) is 16.0 Å². The van der Waals surface area contributed by atoms with Crippen LogP contribution in [0.15, 0.2) is 22.9 Å². The minimum Gasteiger partial charge on any atom is -0.444 e. The molecule has 1 saturated heterocycles. The number of likely N-dealkylation sites (N-methyl/N-ethyl adjacent to an activating group) is 1. The number of halogens is 1. The molecule has 0 saturated carbocycles. The fraction of sp³-hybridized carbons (Fsp3) is 0.562. The van der Waals surface area contributed by atoms with Crippen molar-refractivity contribution in [2.24, 2.45) is 0 Å². The summed E-state index contributed by atoms with van der Waals surface area (Å²) in [5.74, 6) is 0.876. The van der Waals surface area contributed by atoms with Crippen molar-refractivity contribution >= 4 is 33.5 Å². The number of imidazole rings is 1. The summed E-state index contributed by atoms with van der Waals surface area (Å²) in [5.41, 5.74) is 0.316. The molecular weight excluding hydrogens is 374 g/mol. The van der Waals surface area contributed by atoms with Crippen LogP contribution in [0.4, 0.5) is 10.6 Å². The highest BCUT2D eigenvalue weighted by atomic mass is 79.9. The minimum atomic E-state index is -0.482. The molecule has 1 amide bonds. The third-order valence-electron chi connectivity index (χ3n) is 4.02. The number of nitrogens with zero attached hydrogens (tertiary/aromatic N) is 5. The fourth-order valence-corrected chi connectivity index (χ4v) is 3.12. The first-order chi connectivity index (χ1) is 11.2. The Kier molecular flexibility index (Phi) is 4.42. The Bertz CT molecular complexity index is 754. The van der Waals surface area contributed by atoms with Gasteiger partial charge in [-0.15, -0.1) is 5.10 Å². The minimum absolute atomic E-state index is 0.114. The van der Waals surface area contributed by atoms with E-state index in [-0.39, 0.29) is 12.1 Å². The molecule has 2 aromatic heterocycles. The number of carbonyl (C=O) groups excluding carboxylic acids is 1. The number of fused-ring (bicyclic) bond motifs is 1. The molecule has 8 heteroatoms. The van der Waals surface area contributed by atoms with Gasteiger partial charge in [0.15, 0.2) is 5.65 Å². The van der Waals surface area contributed by atoms with E-state index in [1.165, 1.54) is 0 Å². The van der Waals surface area contributed by atoms with E-state index in [1.807, 2.05) is 32.9 Å². The monoisotopic (exact) mass is 395 g/mol. The van der Waals surface area contributed by atoms with Crippen LogP contribution in [-0.4, -0.2) is 57.4 Å². The SMILES string of the molecule is CN(C(=O)OC(C)(C)C)C1CCN(c2ccc3ncc(Br)n3n2)C1. The molecule has 0 N–H and O–H groups in total. The summed E-state index contributed by atoms with van der Waals surface area (Å²) in [6.45, 7) is 7.22. The predicted octanol–water partition coefficient (Wildman–Crippen LogP) is 2.94. The first kappa shape index (κ1) is 17.0. The normalized spacial score (nSPS) is 18.2. The zero-order valence-corrected chi connectivity index (χ0v) is 15.9. The number of aromatic nitrogens is 3. The van der Waals surface area contributed by atoms with Crippen LogP contribution in [0.5, 0.6) is 0 Å². The highest BCUT2D eigenvalue weighted by Crippen LogP contribution is 2.23. The van der Waals surface area contributed by atoms with E-state index in [1.54, 1.807) is 22.7 Å². The summed E-state index contributed by atoms with van der Waals surface area (Å²) in [6, 6.07) is 4.02. The van der Waals surface area contributed by atoms with Crippen molar-refractivity contribution in [3.63, 3.8) is 0 Å². The molecule has 1 aliphatic rings. The maximum atomic E-state index is 12.2. The molecule has 1 aliphatic heterocycles. The standard InChI is InChI=1S/C16H22BrN5O2/c1-16(2,3)24-15(23)20(4)11-7-8-21(10-11)14-6-5-13-18-9-12(17)22(13)19-14/h5-6,9,11H,7-8,10H2,1-4H3. The third kappa shape index (κ3) is 3.48. The van der Waals surface area contributed by atoms with E-state index in [2.05, 4.69) is 30.9 Å². The van der Waals surface area contributed by atoms with Crippen molar-refractivity contribution in [1.29, 1.82) is 0 Å². The van der Waals surface area contributed by atoms with Gasteiger partial charge in [-0.2, -0.15) is 0 Å². The lowest BCUT2D eigenvalue weighted by atomic mass is 10.2. The van der Waals surface area contributed by atoms with Gasteiger partial charge >= 0.3 is 6.09 Å². The van der Waals surface area contributed by atoms with Crippen LogP contribution in [0.3, 0.4) is 0 Å². The first-order valence-electron chi connectivity index (χ1n) is 7.95. The number of carbonyl (C=O) groups is 1. The van der Waals surface area contributed by atoms with Crippen LogP contribution < -0.4 is 4.90 Å². The van der Waals surface area contributed by atoms with Gasteiger partial charge in [0.05, 0.1) is 12.2 Å². The fourth-order valence-electron chi connectivity index (χ4n) is 2.75. The second-order valence-corrected chi connectivity index (χ2v) is 7.83. The number of hydrogen-bond donors (Lipinski definition) is 0. The van der Waals surface area contributed by atoms with Crippen molar-refractivity contribution < 1.29 is 9.53 Å². The van der Waals surface area contributed by atoms with Crippen molar-refractivity contribution in [3.8, 4) is 0 Å². The lowest BCUT2D eigenvalue weighted by molar-refractivity contribution is 0.0238. The summed E-state index contributed by atoms with van der Waals surface area (Å²) in [7, 11) is 1.80. The molecule has 1 atom stereocenters. The lowest BCUT2D eigenvalue weighted by Crippen LogP contribution is -2.42. The van der Waals surface area contributed by atoms with Crippen molar-refractivity contribution in [3.05, 3.63) is 22.9 Å². The van der Waals surface area contributed by atoms with Crippen LogP contribution in [0.2, 0.25) is 0 Å². The van der Waals surface area contributed by atoms with Gasteiger partial charge in [-0.05, 0) is 55.3 Å². The zero-order chi connectivity index (χ0) is 17.5. The van der Waals surface area contributed by atoms with Crippen molar-refractivity contribution in [2.75, 3.05) is 25.0 Å². The van der Waals surface area contributed by atoms with E-state index < -0.39 is 5.60 Å². The number of anilines is 1. The third-order valence-corrected chi connectivity index (χ3v) is 4.56. The topological polar surface area (TPSA) is 63.0 Å². The molecule has 0 spiro atoms. The quantitative estimate of drug-likeness (QED) is 0.781. The van der Waals surface area contributed by atoms with Gasteiger partial charge < -0.3 is 14.5 Å². The Morgan fingerprint density at radius 1 is 1.42 bits per heavy atom. The van der Waals surface area contributed by atoms with Gasteiger partial charge in [0.25, 0.3) is 0 Å². The molecule has 0 bridgehead atoms. The van der Waals surface area contributed by atoms with Gasteiger partial charge in [-0.3, -0.25) is 0 Å². The Labute approximate surface area is 149 Å². The van der Waals surface area contributed by atoms with Crippen LogP contribution >= 0.6 is 15.9 Å². The van der Waals surface area contributed by atoms with Gasteiger partial charge in [0, 0.05) is 20.1 Å². The molecule has 0 aromatic carbocycles. The van der Waals surface area contributed by atoms with Gasteiger partial charge in [0.2, 0.25) is 0 Å². The molecule has 0 radical (unpaired) electrons. The average Bonchev–Trinajstić information content (AvgIpc) is 3.12. The first-order valence-corrected chi connectivity index (χ1v) is 8.75. The maximum Gasteiger partial charge on any atom is 0.410 e. The number of hydrogen-bond acceptors (Lipinski definition) is 5. The Morgan fingerprint density at radius 3 is 2.88 bits per heavy atom. The molecular formula is C16H22BrN5O2. The van der Waals surface area contributed by atoms with Crippen molar-refractivity contribution in [2.45, 2.75) is 38.8 Å².